The maximum atomic E-state index is 6.13. The first-order chi connectivity index (χ1) is 8.31. The SMILES string of the molecule is CSCCCOc1ccc2c(c1)[C@H](N)CCC2. The zero-order valence-electron chi connectivity index (χ0n) is 10.4. The summed E-state index contributed by atoms with van der Waals surface area (Å²) in [5.41, 5.74) is 8.83. The minimum Gasteiger partial charge on any atom is -0.494 e. The van der Waals surface area contributed by atoms with Gasteiger partial charge in [0, 0.05) is 6.04 Å². The van der Waals surface area contributed by atoms with E-state index in [4.69, 9.17) is 10.5 Å². The van der Waals surface area contributed by atoms with Crippen LogP contribution in [0.3, 0.4) is 0 Å². The van der Waals surface area contributed by atoms with E-state index in [1.54, 1.807) is 0 Å². The van der Waals surface area contributed by atoms with Crippen molar-refractivity contribution in [1.82, 2.24) is 0 Å². The zero-order valence-corrected chi connectivity index (χ0v) is 11.3. The van der Waals surface area contributed by atoms with Gasteiger partial charge in [-0.3, -0.25) is 0 Å². The average molecular weight is 251 g/mol. The van der Waals surface area contributed by atoms with E-state index < -0.39 is 0 Å². The van der Waals surface area contributed by atoms with Gasteiger partial charge in [0.25, 0.3) is 0 Å². The van der Waals surface area contributed by atoms with Gasteiger partial charge in [0.05, 0.1) is 6.61 Å². The molecule has 0 amide bonds. The molecule has 0 spiro atoms. The van der Waals surface area contributed by atoms with E-state index in [9.17, 15) is 0 Å². The van der Waals surface area contributed by atoms with E-state index in [1.165, 1.54) is 17.5 Å². The molecule has 1 aliphatic rings. The third kappa shape index (κ3) is 3.39. The Morgan fingerprint density at radius 3 is 3.18 bits per heavy atom. The van der Waals surface area contributed by atoms with Crippen molar-refractivity contribution in [2.75, 3.05) is 18.6 Å². The molecule has 2 rings (SSSR count). The molecule has 0 heterocycles. The summed E-state index contributed by atoms with van der Waals surface area (Å²) in [6, 6.07) is 6.60. The Kier molecular flexibility index (Phi) is 4.75. The van der Waals surface area contributed by atoms with Crippen LogP contribution in [0.5, 0.6) is 5.75 Å². The molecule has 3 heteroatoms. The summed E-state index contributed by atoms with van der Waals surface area (Å²) >= 11 is 1.86. The number of fused-ring (bicyclic) bond motifs is 1. The molecule has 1 aliphatic carbocycles. The molecule has 0 aliphatic heterocycles. The molecule has 17 heavy (non-hydrogen) atoms. The molecule has 2 N–H and O–H groups in total. The first kappa shape index (κ1) is 12.8. The second-order valence-electron chi connectivity index (χ2n) is 4.55. The van der Waals surface area contributed by atoms with Gasteiger partial charge in [-0.2, -0.15) is 11.8 Å². The minimum atomic E-state index is 0.202. The quantitative estimate of drug-likeness (QED) is 0.816. The van der Waals surface area contributed by atoms with Gasteiger partial charge in [-0.1, -0.05) is 6.07 Å². The Morgan fingerprint density at radius 1 is 1.47 bits per heavy atom. The number of aryl methyl sites for hydroxylation is 1. The van der Waals surface area contributed by atoms with E-state index >= 15 is 0 Å². The van der Waals surface area contributed by atoms with Crippen LogP contribution in [0.15, 0.2) is 18.2 Å². The molecule has 0 aromatic heterocycles. The fourth-order valence-corrected chi connectivity index (χ4v) is 2.70. The third-order valence-electron chi connectivity index (χ3n) is 3.24. The monoisotopic (exact) mass is 251 g/mol. The second kappa shape index (κ2) is 6.31. The Labute approximate surface area is 108 Å². The van der Waals surface area contributed by atoms with Crippen molar-refractivity contribution < 1.29 is 4.74 Å². The molecule has 1 aromatic carbocycles. The summed E-state index contributed by atoms with van der Waals surface area (Å²) in [6.45, 7) is 0.800. The number of nitrogens with two attached hydrogens (primary N) is 1. The lowest BCUT2D eigenvalue weighted by molar-refractivity contribution is 0.318. The maximum absolute atomic E-state index is 6.13. The van der Waals surface area contributed by atoms with E-state index in [1.807, 2.05) is 11.8 Å². The summed E-state index contributed by atoms with van der Waals surface area (Å²) < 4.78 is 5.75. The van der Waals surface area contributed by atoms with Gasteiger partial charge >= 0.3 is 0 Å². The van der Waals surface area contributed by atoms with Crippen LogP contribution < -0.4 is 10.5 Å². The van der Waals surface area contributed by atoms with Crippen molar-refractivity contribution in [3.05, 3.63) is 29.3 Å². The van der Waals surface area contributed by atoms with Crippen molar-refractivity contribution in [2.24, 2.45) is 5.73 Å². The van der Waals surface area contributed by atoms with Crippen LogP contribution in [0.2, 0.25) is 0 Å². The summed E-state index contributed by atoms with van der Waals surface area (Å²) in [5, 5.41) is 0. The predicted octanol–water partition coefficient (Wildman–Crippen LogP) is 3.15. The number of ether oxygens (including phenoxy) is 1. The molecule has 0 unspecified atom stereocenters. The molecular weight excluding hydrogens is 230 g/mol. The zero-order chi connectivity index (χ0) is 12.1. The lowest BCUT2D eigenvalue weighted by atomic mass is 9.88. The van der Waals surface area contributed by atoms with E-state index in [2.05, 4.69) is 24.5 Å². The summed E-state index contributed by atoms with van der Waals surface area (Å²) in [6.07, 6.45) is 6.70. The van der Waals surface area contributed by atoms with Crippen LogP contribution in [0, 0.1) is 0 Å². The lowest BCUT2D eigenvalue weighted by Crippen LogP contribution is -2.17. The standard InChI is InChI=1S/C14H21NOS/c1-17-9-3-8-16-12-7-6-11-4-2-5-14(15)13(11)10-12/h6-7,10,14H,2-5,8-9,15H2,1H3/t14-/m1/s1. The van der Waals surface area contributed by atoms with Crippen LogP contribution >= 0.6 is 11.8 Å². The highest BCUT2D eigenvalue weighted by Crippen LogP contribution is 2.30. The number of benzene rings is 1. The van der Waals surface area contributed by atoms with Crippen molar-refractivity contribution in [3.8, 4) is 5.75 Å². The summed E-state index contributed by atoms with van der Waals surface area (Å²) in [5.74, 6) is 2.13. The van der Waals surface area contributed by atoms with Crippen molar-refractivity contribution in [2.45, 2.75) is 31.7 Å². The number of thioether (sulfide) groups is 1. The van der Waals surface area contributed by atoms with Crippen LogP contribution in [-0.2, 0) is 6.42 Å². The lowest BCUT2D eigenvalue weighted by Gasteiger charge is -2.22. The number of hydrogen-bond donors (Lipinski definition) is 1. The van der Waals surface area contributed by atoms with E-state index in [0.29, 0.717) is 0 Å². The molecule has 1 atom stereocenters. The Hall–Kier alpha value is -0.670. The third-order valence-corrected chi connectivity index (χ3v) is 3.94. The van der Waals surface area contributed by atoms with E-state index in [-0.39, 0.29) is 6.04 Å². The summed E-state index contributed by atoms with van der Waals surface area (Å²) in [7, 11) is 0. The molecule has 0 saturated carbocycles. The highest BCUT2D eigenvalue weighted by Gasteiger charge is 2.17. The Morgan fingerprint density at radius 2 is 2.35 bits per heavy atom. The highest BCUT2D eigenvalue weighted by atomic mass is 32.2. The molecule has 94 valence electrons. The first-order valence-electron chi connectivity index (χ1n) is 6.31. The van der Waals surface area contributed by atoms with Crippen molar-refractivity contribution in [3.63, 3.8) is 0 Å². The molecular formula is C14H21NOS. The molecule has 0 fully saturated rings. The molecule has 2 nitrogen and oxygen atoms in total. The van der Waals surface area contributed by atoms with Gasteiger partial charge in [-0.05, 0) is 61.0 Å². The topological polar surface area (TPSA) is 35.2 Å². The first-order valence-corrected chi connectivity index (χ1v) is 7.71. The second-order valence-corrected chi connectivity index (χ2v) is 5.54. The van der Waals surface area contributed by atoms with E-state index in [0.717, 1.165) is 37.4 Å². The van der Waals surface area contributed by atoms with Gasteiger partial charge in [-0.25, -0.2) is 0 Å². The highest BCUT2D eigenvalue weighted by molar-refractivity contribution is 7.98. The molecule has 0 bridgehead atoms. The van der Waals surface area contributed by atoms with Gasteiger partial charge in [0.15, 0.2) is 0 Å². The fraction of sp³-hybridized carbons (Fsp3) is 0.571. The molecule has 1 aromatic rings. The Balaban J connectivity index is 1.97. The van der Waals surface area contributed by atoms with Gasteiger partial charge in [0.2, 0.25) is 0 Å². The maximum Gasteiger partial charge on any atom is 0.119 e. The predicted molar refractivity (Wildman–Crippen MR) is 74.8 cm³/mol. The summed E-state index contributed by atoms with van der Waals surface area (Å²) in [4.78, 5) is 0. The molecule has 0 saturated heterocycles. The van der Waals surface area contributed by atoms with Crippen LogP contribution in [0.4, 0.5) is 0 Å². The minimum absolute atomic E-state index is 0.202. The fourth-order valence-electron chi connectivity index (χ4n) is 2.30. The smallest absolute Gasteiger partial charge is 0.119 e. The normalized spacial score (nSPS) is 18.8. The Bertz CT molecular complexity index is 367. The number of rotatable bonds is 5. The molecule has 0 radical (unpaired) electrons. The van der Waals surface area contributed by atoms with Crippen LogP contribution in [-0.4, -0.2) is 18.6 Å². The average Bonchev–Trinajstić information content (AvgIpc) is 2.36. The van der Waals surface area contributed by atoms with Crippen LogP contribution in [0.25, 0.3) is 0 Å². The van der Waals surface area contributed by atoms with Gasteiger partial charge in [0.1, 0.15) is 5.75 Å². The van der Waals surface area contributed by atoms with Crippen molar-refractivity contribution >= 4 is 11.8 Å². The van der Waals surface area contributed by atoms with Gasteiger partial charge in [-0.15, -0.1) is 0 Å². The van der Waals surface area contributed by atoms with Crippen LogP contribution in [0.1, 0.15) is 36.4 Å². The number of hydrogen-bond acceptors (Lipinski definition) is 3. The van der Waals surface area contributed by atoms with Crippen molar-refractivity contribution in [1.29, 1.82) is 0 Å². The largest absolute Gasteiger partial charge is 0.494 e. The van der Waals surface area contributed by atoms with Gasteiger partial charge < -0.3 is 10.5 Å².